The molecular weight excluding hydrogens is 184 g/mol. The maximum atomic E-state index is 3.57. The first-order valence-electron chi connectivity index (χ1n) is 6.01. The Hall–Kier alpha value is -1.02. The Morgan fingerprint density at radius 3 is 3.13 bits per heavy atom. The normalized spacial score (nSPS) is 18.7. The van der Waals surface area contributed by atoms with Gasteiger partial charge in [0.1, 0.15) is 0 Å². The summed E-state index contributed by atoms with van der Waals surface area (Å²) >= 11 is 0. The van der Waals surface area contributed by atoms with Crippen LogP contribution in [0.4, 0.5) is 5.69 Å². The molecule has 80 valence electrons. The molecule has 0 radical (unpaired) electrons. The van der Waals surface area contributed by atoms with E-state index in [0.29, 0.717) is 0 Å². The Morgan fingerprint density at radius 2 is 2.27 bits per heavy atom. The summed E-state index contributed by atoms with van der Waals surface area (Å²) < 4.78 is 0. The lowest BCUT2D eigenvalue weighted by Gasteiger charge is -2.09. The highest BCUT2D eigenvalue weighted by atomic mass is 14.9. The van der Waals surface area contributed by atoms with Crippen LogP contribution in [-0.4, -0.2) is 19.1 Å². The molecular formula is C13H18N2. The van der Waals surface area contributed by atoms with Gasteiger partial charge in [-0.05, 0) is 43.4 Å². The van der Waals surface area contributed by atoms with Gasteiger partial charge in [0.15, 0.2) is 0 Å². The predicted molar refractivity (Wildman–Crippen MR) is 63.4 cm³/mol. The minimum atomic E-state index is 0.828. The Kier molecular flexibility index (Phi) is 2.37. The third-order valence-corrected chi connectivity index (χ3v) is 3.34. The molecule has 0 atom stereocenters. The monoisotopic (exact) mass is 202 g/mol. The fourth-order valence-corrected chi connectivity index (χ4v) is 2.32. The van der Waals surface area contributed by atoms with Crippen LogP contribution < -0.4 is 10.6 Å². The van der Waals surface area contributed by atoms with Crippen molar-refractivity contribution in [1.29, 1.82) is 0 Å². The number of fused-ring (bicyclic) bond motifs is 1. The largest absolute Gasteiger partial charge is 0.384 e. The Labute approximate surface area is 91.1 Å². The van der Waals surface area contributed by atoms with Gasteiger partial charge in [0.25, 0.3) is 0 Å². The Morgan fingerprint density at radius 1 is 1.33 bits per heavy atom. The van der Waals surface area contributed by atoms with Crippen molar-refractivity contribution >= 4 is 5.69 Å². The van der Waals surface area contributed by atoms with E-state index in [2.05, 4.69) is 28.8 Å². The first-order valence-corrected chi connectivity index (χ1v) is 6.01. The summed E-state index contributed by atoms with van der Waals surface area (Å²) in [5.74, 6) is 0. The third-order valence-electron chi connectivity index (χ3n) is 3.34. The highest BCUT2D eigenvalue weighted by Gasteiger charge is 2.20. The van der Waals surface area contributed by atoms with Gasteiger partial charge in [-0.15, -0.1) is 0 Å². The van der Waals surface area contributed by atoms with Crippen LogP contribution in [0.2, 0.25) is 0 Å². The van der Waals surface area contributed by atoms with E-state index in [1.165, 1.54) is 36.1 Å². The molecule has 15 heavy (non-hydrogen) atoms. The average molecular weight is 202 g/mol. The van der Waals surface area contributed by atoms with Crippen molar-refractivity contribution in [1.82, 2.24) is 5.32 Å². The molecule has 1 aliphatic carbocycles. The molecule has 0 unspecified atom stereocenters. The highest BCUT2D eigenvalue weighted by Crippen LogP contribution is 2.26. The topological polar surface area (TPSA) is 24.1 Å². The van der Waals surface area contributed by atoms with E-state index in [-0.39, 0.29) is 0 Å². The van der Waals surface area contributed by atoms with Crippen LogP contribution in [0.1, 0.15) is 24.0 Å². The number of para-hydroxylation sites is 1. The van der Waals surface area contributed by atoms with Gasteiger partial charge < -0.3 is 10.6 Å². The molecule has 2 nitrogen and oxygen atoms in total. The number of nitrogens with one attached hydrogen (secondary N) is 2. The summed E-state index contributed by atoms with van der Waals surface area (Å²) in [5, 5.41) is 7.06. The molecule has 1 saturated carbocycles. The van der Waals surface area contributed by atoms with E-state index < -0.39 is 0 Å². The number of rotatable bonds is 4. The number of anilines is 1. The summed E-state index contributed by atoms with van der Waals surface area (Å²) in [6, 6.07) is 7.52. The highest BCUT2D eigenvalue weighted by molar-refractivity contribution is 5.61. The molecule has 3 rings (SSSR count). The molecule has 2 heteroatoms. The minimum Gasteiger partial charge on any atom is -0.384 e. The van der Waals surface area contributed by atoms with E-state index >= 15 is 0 Å². The summed E-state index contributed by atoms with van der Waals surface area (Å²) in [6.45, 7) is 2.24. The zero-order chi connectivity index (χ0) is 10.1. The van der Waals surface area contributed by atoms with Crippen molar-refractivity contribution in [3.63, 3.8) is 0 Å². The van der Waals surface area contributed by atoms with Crippen molar-refractivity contribution < 1.29 is 0 Å². The first kappa shape index (κ1) is 9.22. The van der Waals surface area contributed by atoms with Gasteiger partial charge in [-0.25, -0.2) is 0 Å². The van der Waals surface area contributed by atoms with Crippen molar-refractivity contribution in [3.05, 3.63) is 29.3 Å². The zero-order valence-corrected chi connectivity index (χ0v) is 9.05. The van der Waals surface area contributed by atoms with E-state index in [0.717, 1.165) is 25.6 Å². The Balaban J connectivity index is 1.65. The van der Waals surface area contributed by atoms with Crippen LogP contribution in [0.15, 0.2) is 18.2 Å². The fraction of sp³-hybridized carbons (Fsp3) is 0.538. The lowest BCUT2D eigenvalue weighted by Crippen LogP contribution is -2.19. The van der Waals surface area contributed by atoms with E-state index in [1.807, 2.05) is 0 Å². The summed E-state index contributed by atoms with van der Waals surface area (Å²) in [7, 11) is 0. The lowest BCUT2D eigenvalue weighted by atomic mass is 10.1. The van der Waals surface area contributed by atoms with Gasteiger partial charge in [0.05, 0.1) is 0 Å². The SMILES string of the molecule is c1cc2c(c(CCNC3CC3)c1)NCC2. The molecule has 0 saturated heterocycles. The van der Waals surface area contributed by atoms with Crippen molar-refractivity contribution in [3.8, 4) is 0 Å². The van der Waals surface area contributed by atoms with Gasteiger partial charge in [0, 0.05) is 18.3 Å². The van der Waals surface area contributed by atoms with Gasteiger partial charge in [0.2, 0.25) is 0 Å². The first-order chi connectivity index (χ1) is 7.43. The second-order valence-electron chi connectivity index (χ2n) is 4.61. The number of hydrogen-bond donors (Lipinski definition) is 2. The van der Waals surface area contributed by atoms with Gasteiger partial charge in [-0.3, -0.25) is 0 Å². The molecule has 1 heterocycles. The van der Waals surface area contributed by atoms with Crippen LogP contribution in [-0.2, 0) is 12.8 Å². The second kappa shape index (κ2) is 3.86. The average Bonchev–Trinajstić information content (AvgIpc) is 2.95. The van der Waals surface area contributed by atoms with Crippen LogP contribution >= 0.6 is 0 Å². The maximum absolute atomic E-state index is 3.57. The molecule has 2 N–H and O–H groups in total. The molecule has 1 fully saturated rings. The molecule has 0 bridgehead atoms. The van der Waals surface area contributed by atoms with Crippen LogP contribution in [0.25, 0.3) is 0 Å². The molecule has 0 aromatic heterocycles. The molecule has 1 aromatic rings. The third kappa shape index (κ3) is 2.00. The quantitative estimate of drug-likeness (QED) is 0.780. The predicted octanol–water partition coefficient (Wildman–Crippen LogP) is 1.95. The second-order valence-corrected chi connectivity index (χ2v) is 4.61. The van der Waals surface area contributed by atoms with Gasteiger partial charge in [-0.1, -0.05) is 18.2 Å². The zero-order valence-electron chi connectivity index (χ0n) is 9.05. The molecule has 0 amide bonds. The van der Waals surface area contributed by atoms with Crippen LogP contribution in [0.3, 0.4) is 0 Å². The molecule has 2 aliphatic rings. The maximum Gasteiger partial charge on any atom is 0.0406 e. The number of benzene rings is 1. The summed E-state index contributed by atoms with van der Waals surface area (Å²) in [5.41, 5.74) is 4.40. The fourth-order valence-electron chi connectivity index (χ4n) is 2.32. The van der Waals surface area contributed by atoms with E-state index in [1.54, 1.807) is 0 Å². The number of hydrogen-bond acceptors (Lipinski definition) is 2. The summed E-state index contributed by atoms with van der Waals surface area (Å²) in [6.07, 6.45) is 5.11. The summed E-state index contributed by atoms with van der Waals surface area (Å²) in [4.78, 5) is 0. The van der Waals surface area contributed by atoms with Crippen molar-refractivity contribution in [2.24, 2.45) is 0 Å². The van der Waals surface area contributed by atoms with Crippen molar-refractivity contribution in [2.75, 3.05) is 18.4 Å². The van der Waals surface area contributed by atoms with E-state index in [4.69, 9.17) is 0 Å². The Bertz CT molecular complexity index is 356. The molecule has 0 spiro atoms. The molecule has 1 aromatic carbocycles. The smallest absolute Gasteiger partial charge is 0.0406 e. The standard InChI is InChI=1S/C13H18N2/c1-2-10(6-8-14-12-4-5-12)13-11(3-1)7-9-15-13/h1-3,12,14-15H,4-9H2. The van der Waals surface area contributed by atoms with Gasteiger partial charge in [-0.2, -0.15) is 0 Å². The van der Waals surface area contributed by atoms with Gasteiger partial charge >= 0.3 is 0 Å². The molecule has 1 aliphatic heterocycles. The minimum absolute atomic E-state index is 0.828. The lowest BCUT2D eigenvalue weighted by molar-refractivity contribution is 0.682. The van der Waals surface area contributed by atoms with Crippen molar-refractivity contribution in [2.45, 2.75) is 31.7 Å². The van der Waals surface area contributed by atoms with E-state index in [9.17, 15) is 0 Å². The van der Waals surface area contributed by atoms with Crippen LogP contribution in [0.5, 0.6) is 0 Å². The van der Waals surface area contributed by atoms with Crippen LogP contribution in [0, 0.1) is 0 Å².